The molecule has 0 atom stereocenters. The van der Waals surface area contributed by atoms with Crippen LogP contribution in [-0.4, -0.2) is 39.6 Å². The fraction of sp³-hybridized carbons (Fsp3) is 0.538. The Balaban J connectivity index is 2.87. The van der Waals surface area contributed by atoms with Gasteiger partial charge in [0, 0.05) is 30.5 Å². The summed E-state index contributed by atoms with van der Waals surface area (Å²) in [5, 5.41) is 9.76. The Bertz CT molecular complexity index is 397. The number of hydrogen-bond donors (Lipinski definition) is 1. The lowest BCUT2D eigenvalue weighted by Crippen LogP contribution is -2.42. The van der Waals surface area contributed by atoms with Crippen LogP contribution < -0.4 is 0 Å². The number of carbonyl (C=O) groups is 1. The summed E-state index contributed by atoms with van der Waals surface area (Å²) in [6, 6.07) is 3.46. The molecule has 0 spiro atoms. The zero-order valence-corrected chi connectivity index (χ0v) is 10.9. The zero-order valence-electron chi connectivity index (χ0n) is 10.9. The summed E-state index contributed by atoms with van der Waals surface area (Å²) in [5.74, 6) is -0.0693. The second-order valence-corrected chi connectivity index (χ2v) is 4.82. The van der Waals surface area contributed by atoms with Crippen LogP contribution in [0.4, 0.5) is 0 Å². The van der Waals surface area contributed by atoms with Crippen LogP contribution >= 0.6 is 0 Å². The zero-order chi connectivity index (χ0) is 13.1. The lowest BCUT2D eigenvalue weighted by Gasteiger charge is -2.28. The van der Waals surface area contributed by atoms with Crippen LogP contribution in [0.15, 0.2) is 18.3 Å². The fourth-order valence-electron chi connectivity index (χ4n) is 1.66. The SMILES string of the molecule is CCN(CC(C)(C)O)C(=O)c1ccnc(C)c1. The summed E-state index contributed by atoms with van der Waals surface area (Å²) in [6.07, 6.45) is 1.63. The van der Waals surface area contributed by atoms with Gasteiger partial charge in [-0.2, -0.15) is 0 Å². The summed E-state index contributed by atoms with van der Waals surface area (Å²) in [7, 11) is 0. The molecule has 17 heavy (non-hydrogen) atoms. The second-order valence-electron chi connectivity index (χ2n) is 4.82. The van der Waals surface area contributed by atoms with Crippen LogP contribution in [-0.2, 0) is 0 Å². The van der Waals surface area contributed by atoms with E-state index in [0.29, 0.717) is 18.7 Å². The van der Waals surface area contributed by atoms with Gasteiger partial charge in [0.05, 0.1) is 5.60 Å². The number of amides is 1. The van der Waals surface area contributed by atoms with Gasteiger partial charge in [-0.25, -0.2) is 0 Å². The fourth-order valence-corrected chi connectivity index (χ4v) is 1.66. The van der Waals surface area contributed by atoms with Gasteiger partial charge in [-0.15, -0.1) is 0 Å². The molecule has 0 aliphatic rings. The maximum atomic E-state index is 12.2. The smallest absolute Gasteiger partial charge is 0.254 e. The third kappa shape index (κ3) is 4.15. The maximum Gasteiger partial charge on any atom is 0.254 e. The second kappa shape index (κ2) is 5.27. The first-order valence-corrected chi connectivity index (χ1v) is 5.78. The third-order valence-electron chi connectivity index (χ3n) is 2.39. The van der Waals surface area contributed by atoms with Crippen molar-refractivity contribution in [1.29, 1.82) is 0 Å². The highest BCUT2D eigenvalue weighted by Gasteiger charge is 2.22. The van der Waals surface area contributed by atoms with Crippen molar-refractivity contribution in [2.45, 2.75) is 33.3 Å². The third-order valence-corrected chi connectivity index (χ3v) is 2.39. The van der Waals surface area contributed by atoms with E-state index in [4.69, 9.17) is 0 Å². The summed E-state index contributed by atoms with van der Waals surface area (Å²) in [6.45, 7) is 8.04. The number of rotatable bonds is 4. The highest BCUT2D eigenvalue weighted by Crippen LogP contribution is 2.10. The van der Waals surface area contributed by atoms with E-state index in [2.05, 4.69) is 4.98 Å². The molecule has 0 fully saturated rings. The molecule has 0 saturated carbocycles. The van der Waals surface area contributed by atoms with E-state index in [-0.39, 0.29) is 5.91 Å². The molecule has 4 heteroatoms. The van der Waals surface area contributed by atoms with Gasteiger partial charge in [0.1, 0.15) is 0 Å². The van der Waals surface area contributed by atoms with Gasteiger partial charge in [0.25, 0.3) is 5.91 Å². The van der Waals surface area contributed by atoms with Crippen molar-refractivity contribution >= 4 is 5.91 Å². The number of aromatic nitrogens is 1. The lowest BCUT2D eigenvalue weighted by molar-refractivity contribution is 0.0314. The van der Waals surface area contributed by atoms with Gasteiger partial charge < -0.3 is 10.0 Å². The minimum Gasteiger partial charge on any atom is -0.389 e. The Hall–Kier alpha value is -1.42. The number of carbonyl (C=O) groups excluding carboxylic acids is 1. The highest BCUT2D eigenvalue weighted by molar-refractivity contribution is 5.94. The van der Waals surface area contributed by atoms with Gasteiger partial charge in [-0.05, 0) is 39.8 Å². The van der Waals surface area contributed by atoms with Crippen molar-refractivity contribution in [2.75, 3.05) is 13.1 Å². The van der Waals surface area contributed by atoms with Crippen LogP contribution in [0.1, 0.15) is 36.8 Å². The van der Waals surface area contributed by atoms with Crippen molar-refractivity contribution in [3.8, 4) is 0 Å². The molecule has 0 radical (unpaired) electrons. The van der Waals surface area contributed by atoms with Crippen LogP contribution in [0.2, 0.25) is 0 Å². The highest BCUT2D eigenvalue weighted by atomic mass is 16.3. The Labute approximate surface area is 102 Å². The van der Waals surface area contributed by atoms with E-state index in [1.54, 1.807) is 37.1 Å². The van der Waals surface area contributed by atoms with Crippen molar-refractivity contribution in [2.24, 2.45) is 0 Å². The quantitative estimate of drug-likeness (QED) is 0.864. The van der Waals surface area contributed by atoms with Crippen LogP contribution in [0.3, 0.4) is 0 Å². The first-order valence-electron chi connectivity index (χ1n) is 5.78. The molecule has 1 aromatic rings. The molecule has 1 heterocycles. The standard InChI is InChI=1S/C13H20N2O2/c1-5-15(9-13(3,4)17)12(16)11-6-7-14-10(2)8-11/h6-8,17H,5,9H2,1-4H3. The summed E-state index contributed by atoms with van der Waals surface area (Å²) < 4.78 is 0. The molecule has 0 unspecified atom stereocenters. The number of pyridine rings is 1. The predicted molar refractivity (Wildman–Crippen MR) is 66.8 cm³/mol. The largest absolute Gasteiger partial charge is 0.389 e. The summed E-state index contributed by atoms with van der Waals surface area (Å²) in [4.78, 5) is 17.9. The first-order chi connectivity index (χ1) is 7.83. The van der Waals surface area contributed by atoms with E-state index in [1.807, 2.05) is 13.8 Å². The monoisotopic (exact) mass is 236 g/mol. The molecule has 1 aromatic heterocycles. The van der Waals surface area contributed by atoms with Crippen LogP contribution in [0.5, 0.6) is 0 Å². The molecule has 1 amide bonds. The van der Waals surface area contributed by atoms with E-state index < -0.39 is 5.60 Å². The Morgan fingerprint density at radius 2 is 2.18 bits per heavy atom. The van der Waals surface area contributed by atoms with Gasteiger partial charge in [-0.1, -0.05) is 0 Å². The van der Waals surface area contributed by atoms with Crippen LogP contribution in [0.25, 0.3) is 0 Å². The molecule has 0 aromatic carbocycles. The molecular formula is C13H20N2O2. The van der Waals surface area contributed by atoms with Crippen molar-refractivity contribution in [1.82, 2.24) is 9.88 Å². The average Bonchev–Trinajstić information content (AvgIpc) is 2.23. The minimum absolute atomic E-state index is 0.0693. The number of aryl methyl sites for hydroxylation is 1. The Kier molecular flexibility index (Phi) is 4.23. The summed E-state index contributed by atoms with van der Waals surface area (Å²) >= 11 is 0. The molecule has 0 saturated heterocycles. The molecule has 1 N–H and O–H groups in total. The van der Waals surface area contributed by atoms with E-state index in [1.165, 1.54) is 0 Å². The van der Waals surface area contributed by atoms with Gasteiger partial charge in [-0.3, -0.25) is 9.78 Å². The molecular weight excluding hydrogens is 216 g/mol. The summed E-state index contributed by atoms with van der Waals surface area (Å²) in [5.41, 5.74) is 0.548. The van der Waals surface area contributed by atoms with Gasteiger partial charge in [0.15, 0.2) is 0 Å². The van der Waals surface area contributed by atoms with Gasteiger partial charge >= 0.3 is 0 Å². The molecule has 0 bridgehead atoms. The maximum absolute atomic E-state index is 12.2. The predicted octanol–water partition coefficient (Wildman–Crippen LogP) is 1.62. The number of aliphatic hydroxyl groups is 1. The van der Waals surface area contributed by atoms with E-state index in [9.17, 15) is 9.90 Å². The lowest BCUT2D eigenvalue weighted by atomic mass is 10.1. The number of hydrogen-bond acceptors (Lipinski definition) is 3. The minimum atomic E-state index is -0.881. The molecule has 0 aliphatic carbocycles. The number of nitrogens with zero attached hydrogens (tertiary/aromatic N) is 2. The normalized spacial score (nSPS) is 11.4. The Morgan fingerprint density at radius 1 is 1.53 bits per heavy atom. The van der Waals surface area contributed by atoms with Gasteiger partial charge in [0.2, 0.25) is 0 Å². The molecule has 0 aliphatic heterocycles. The molecule has 1 rings (SSSR count). The van der Waals surface area contributed by atoms with E-state index >= 15 is 0 Å². The topological polar surface area (TPSA) is 53.4 Å². The molecule has 94 valence electrons. The molecule has 4 nitrogen and oxygen atoms in total. The first kappa shape index (κ1) is 13.6. The van der Waals surface area contributed by atoms with Crippen molar-refractivity contribution < 1.29 is 9.90 Å². The van der Waals surface area contributed by atoms with Crippen LogP contribution in [0, 0.1) is 6.92 Å². The van der Waals surface area contributed by atoms with E-state index in [0.717, 1.165) is 5.69 Å². The van der Waals surface area contributed by atoms with Crippen molar-refractivity contribution in [3.05, 3.63) is 29.6 Å². The number of likely N-dealkylation sites (N-methyl/N-ethyl adjacent to an activating group) is 1. The Morgan fingerprint density at radius 3 is 2.65 bits per heavy atom. The average molecular weight is 236 g/mol. The van der Waals surface area contributed by atoms with Crippen molar-refractivity contribution in [3.63, 3.8) is 0 Å².